The number of hydrogen-bond acceptors (Lipinski definition) is 8. The smallest absolute Gasteiger partial charge is 0.248 e. The maximum absolute atomic E-state index is 13.8. The lowest BCUT2D eigenvalue weighted by Gasteiger charge is -2.35. The fraction of sp³-hybridized carbons (Fsp3) is 0.440. The number of nitrogens with zero attached hydrogens (tertiary/aromatic N) is 2. The number of Topliss-reactive ketones (excluding diaryl/α,β-unsaturated/α-hetero) is 1. The molecule has 0 spiro atoms. The Hall–Kier alpha value is -2.88. The molecule has 34 heavy (non-hydrogen) atoms. The van der Waals surface area contributed by atoms with Crippen LogP contribution in [0.1, 0.15) is 62.6 Å². The van der Waals surface area contributed by atoms with Crippen LogP contribution in [0.25, 0.3) is 10.4 Å². The van der Waals surface area contributed by atoms with Crippen LogP contribution >= 0.6 is 11.3 Å². The molecule has 3 N–H and O–H groups in total. The van der Waals surface area contributed by atoms with Crippen molar-refractivity contribution in [1.82, 2.24) is 20.6 Å². The molecule has 1 aromatic carbocycles. The van der Waals surface area contributed by atoms with E-state index in [1.54, 1.807) is 11.3 Å². The maximum Gasteiger partial charge on any atom is 0.248 e. The van der Waals surface area contributed by atoms with Gasteiger partial charge in [-0.15, -0.1) is 11.3 Å². The van der Waals surface area contributed by atoms with Crippen LogP contribution in [0.3, 0.4) is 0 Å². The maximum atomic E-state index is 13.8. The van der Waals surface area contributed by atoms with Crippen molar-refractivity contribution in [2.24, 2.45) is 0 Å². The molecule has 2 aromatic heterocycles. The van der Waals surface area contributed by atoms with Crippen LogP contribution < -0.4 is 10.6 Å². The molecule has 1 amide bonds. The van der Waals surface area contributed by atoms with Crippen LogP contribution in [-0.4, -0.2) is 44.4 Å². The minimum atomic E-state index is -1.45. The van der Waals surface area contributed by atoms with E-state index in [2.05, 4.69) is 20.6 Å². The van der Waals surface area contributed by atoms with Gasteiger partial charge in [0.1, 0.15) is 11.7 Å². The first kappa shape index (κ1) is 24.3. The van der Waals surface area contributed by atoms with Gasteiger partial charge in [0.25, 0.3) is 0 Å². The molecule has 9 heteroatoms. The standard InChI is InChI=1S/C25H30N4O4S/c1-15(17-6-8-18(9-7-17)21-16(2)27-14-34-21)29-23(31)25(10-5-11-28-25)22(30)20(24(3,4)32)19-12-26-13-33-19/h6-9,12-15,20,28,32H,5,10-11H2,1-4H3,(H,29,31)/t15-,20?,25+/m0/s1. The zero-order chi connectivity index (χ0) is 24.5. The lowest BCUT2D eigenvalue weighted by molar-refractivity contribution is -0.141. The van der Waals surface area contributed by atoms with E-state index in [-0.39, 0.29) is 11.8 Å². The van der Waals surface area contributed by atoms with Gasteiger partial charge in [-0.3, -0.25) is 14.9 Å². The Kier molecular flexibility index (Phi) is 6.71. The van der Waals surface area contributed by atoms with Crippen molar-refractivity contribution in [3.63, 3.8) is 0 Å². The molecule has 3 heterocycles. The first-order valence-electron chi connectivity index (χ1n) is 11.3. The molecule has 3 aromatic rings. The van der Waals surface area contributed by atoms with Gasteiger partial charge in [0.05, 0.1) is 33.9 Å². The Labute approximate surface area is 202 Å². The number of benzene rings is 1. The first-order chi connectivity index (χ1) is 16.1. The number of carbonyl (C=O) groups excluding carboxylic acids is 2. The lowest BCUT2D eigenvalue weighted by atomic mass is 9.75. The Morgan fingerprint density at radius 2 is 2.03 bits per heavy atom. The quantitative estimate of drug-likeness (QED) is 0.421. The van der Waals surface area contributed by atoms with Gasteiger partial charge in [0.2, 0.25) is 5.91 Å². The number of amides is 1. The molecule has 8 nitrogen and oxygen atoms in total. The SMILES string of the molecule is Cc1ncsc1-c1ccc([C@H](C)NC(=O)[C@]2(C(=O)C(c3cnco3)C(C)(C)O)CCCN2)cc1. The Balaban J connectivity index is 1.56. The molecular weight excluding hydrogens is 452 g/mol. The molecule has 0 saturated carbocycles. The Morgan fingerprint density at radius 1 is 1.29 bits per heavy atom. The number of aliphatic hydroxyl groups is 1. The van der Waals surface area contributed by atoms with Gasteiger partial charge in [-0.05, 0) is 58.2 Å². The van der Waals surface area contributed by atoms with Crippen molar-refractivity contribution < 1.29 is 19.1 Å². The molecule has 1 unspecified atom stereocenters. The highest BCUT2D eigenvalue weighted by Gasteiger charge is 2.54. The molecule has 4 rings (SSSR count). The molecule has 180 valence electrons. The van der Waals surface area contributed by atoms with E-state index >= 15 is 0 Å². The van der Waals surface area contributed by atoms with Gasteiger partial charge in [0.15, 0.2) is 17.7 Å². The second-order valence-electron chi connectivity index (χ2n) is 9.37. The van der Waals surface area contributed by atoms with Crippen LogP contribution in [0.2, 0.25) is 0 Å². The van der Waals surface area contributed by atoms with Crippen molar-refractivity contribution in [3.8, 4) is 10.4 Å². The fourth-order valence-corrected chi connectivity index (χ4v) is 5.39. The summed E-state index contributed by atoms with van der Waals surface area (Å²) in [6.45, 7) is 7.47. The Morgan fingerprint density at radius 3 is 2.56 bits per heavy atom. The minimum Gasteiger partial charge on any atom is -0.448 e. The molecule has 1 fully saturated rings. The van der Waals surface area contributed by atoms with E-state index in [1.807, 2.05) is 43.6 Å². The summed E-state index contributed by atoms with van der Waals surface area (Å²) in [6.07, 6.45) is 3.64. The number of ketones is 1. The molecule has 0 aliphatic carbocycles. The van der Waals surface area contributed by atoms with Crippen LogP contribution in [0.4, 0.5) is 0 Å². The third-order valence-electron chi connectivity index (χ3n) is 6.43. The van der Waals surface area contributed by atoms with Gasteiger partial charge < -0.3 is 14.8 Å². The van der Waals surface area contributed by atoms with E-state index in [1.165, 1.54) is 26.4 Å². The summed E-state index contributed by atoms with van der Waals surface area (Å²) in [5, 5.41) is 16.9. The van der Waals surface area contributed by atoms with Crippen molar-refractivity contribution in [2.75, 3.05) is 6.54 Å². The predicted octanol–water partition coefficient (Wildman–Crippen LogP) is 3.53. The van der Waals surface area contributed by atoms with Crippen LogP contribution in [0.15, 0.2) is 46.8 Å². The first-order valence-corrected chi connectivity index (χ1v) is 12.2. The zero-order valence-corrected chi connectivity index (χ0v) is 20.6. The van der Waals surface area contributed by atoms with Crippen molar-refractivity contribution >= 4 is 23.0 Å². The summed E-state index contributed by atoms with van der Waals surface area (Å²) in [6, 6.07) is 7.67. The summed E-state index contributed by atoms with van der Waals surface area (Å²) in [7, 11) is 0. The summed E-state index contributed by atoms with van der Waals surface area (Å²) < 4.78 is 5.37. The number of rotatable bonds is 8. The van der Waals surface area contributed by atoms with Crippen molar-refractivity contribution in [1.29, 1.82) is 0 Å². The number of aryl methyl sites for hydroxylation is 1. The highest BCUT2D eigenvalue weighted by molar-refractivity contribution is 7.13. The van der Waals surface area contributed by atoms with E-state index in [9.17, 15) is 14.7 Å². The average molecular weight is 483 g/mol. The number of hydrogen-bond donors (Lipinski definition) is 3. The van der Waals surface area contributed by atoms with Gasteiger partial charge in [-0.1, -0.05) is 24.3 Å². The van der Waals surface area contributed by atoms with Gasteiger partial charge >= 0.3 is 0 Å². The average Bonchev–Trinajstić information content (AvgIpc) is 3.55. The zero-order valence-electron chi connectivity index (χ0n) is 19.8. The molecule has 0 bridgehead atoms. The topological polar surface area (TPSA) is 117 Å². The van der Waals surface area contributed by atoms with E-state index in [4.69, 9.17) is 4.42 Å². The summed E-state index contributed by atoms with van der Waals surface area (Å²) in [5.74, 6) is -1.63. The summed E-state index contributed by atoms with van der Waals surface area (Å²) in [5.41, 5.74) is 1.92. The lowest BCUT2D eigenvalue weighted by Crippen LogP contribution is -2.62. The summed E-state index contributed by atoms with van der Waals surface area (Å²) >= 11 is 1.59. The minimum absolute atomic E-state index is 0.236. The predicted molar refractivity (Wildman–Crippen MR) is 129 cm³/mol. The molecular formula is C25H30N4O4S. The van der Waals surface area contributed by atoms with Gasteiger partial charge in [-0.25, -0.2) is 9.97 Å². The second-order valence-corrected chi connectivity index (χ2v) is 10.2. The molecule has 3 atom stereocenters. The largest absolute Gasteiger partial charge is 0.448 e. The van der Waals surface area contributed by atoms with Gasteiger partial charge in [-0.2, -0.15) is 0 Å². The summed E-state index contributed by atoms with van der Waals surface area (Å²) in [4.78, 5) is 36.7. The number of carbonyl (C=O) groups is 2. The molecule has 1 saturated heterocycles. The number of thiazole rings is 1. The highest BCUT2D eigenvalue weighted by atomic mass is 32.1. The van der Waals surface area contributed by atoms with E-state index < -0.39 is 28.7 Å². The second kappa shape index (κ2) is 9.40. The molecule has 1 aliphatic rings. The third kappa shape index (κ3) is 4.55. The monoisotopic (exact) mass is 482 g/mol. The van der Waals surface area contributed by atoms with E-state index in [0.29, 0.717) is 19.4 Å². The fourth-order valence-electron chi connectivity index (χ4n) is 4.58. The number of oxazole rings is 1. The third-order valence-corrected chi connectivity index (χ3v) is 7.41. The molecule has 1 aliphatic heterocycles. The van der Waals surface area contributed by atoms with Crippen LogP contribution in [-0.2, 0) is 9.59 Å². The van der Waals surface area contributed by atoms with Crippen LogP contribution in [0, 0.1) is 6.92 Å². The number of nitrogens with one attached hydrogen (secondary N) is 2. The van der Waals surface area contributed by atoms with Crippen molar-refractivity contribution in [3.05, 3.63) is 59.4 Å². The normalized spacial score (nSPS) is 20.1. The molecule has 0 radical (unpaired) electrons. The highest BCUT2D eigenvalue weighted by Crippen LogP contribution is 2.36. The van der Waals surface area contributed by atoms with E-state index in [0.717, 1.165) is 21.7 Å². The van der Waals surface area contributed by atoms with Crippen molar-refractivity contribution in [2.45, 2.75) is 63.6 Å². The van der Waals surface area contributed by atoms with Gasteiger partial charge in [0, 0.05) is 0 Å². The van der Waals surface area contributed by atoms with Crippen LogP contribution in [0.5, 0.6) is 0 Å². The number of aromatic nitrogens is 2. The Bertz CT molecular complexity index is 1140.